The van der Waals surface area contributed by atoms with Crippen LogP contribution in [0.3, 0.4) is 0 Å². The van der Waals surface area contributed by atoms with Gasteiger partial charge in [0.2, 0.25) is 0 Å². The van der Waals surface area contributed by atoms with Gasteiger partial charge < -0.3 is 4.57 Å². The summed E-state index contributed by atoms with van der Waals surface area (Å²) in [4.78, 5) is 18.7. The van der Waals surface area contributed by atoms with Crippen LogP contribution in [0.2, 0.25) is 0 Å². The van der Waals surface area contributed by atoms with Crippen LogP contribution < -0.4 is 0 Å². The maximum Gasteiger partial charge on any atom is 0.283 e. The Kier molecular flexibility index (Phi) is 5.34. The maximum absolute atomic E-state index is 13.4. The molecule has 0 saturated heterocycles. The maximum atomic E-state index is 13.4. The molecule has 0 radical (unpaired) electrons. The summed E-state index contributed by atoms with van der Waals surface area (Å²) in [6.45, 7) is 4.79. The molecule has 3 heterocycles. The lowest BCUT2D eigenvalue weighted by Crippen LogP contribution is -2.38. The standard InChI is InChI=1S/C26H21FN4OS/c1-16-12-20(17(2)30(16)14-18-6-4-3-5-7-18)13-22-24(28)31-23(15-33-26(31)29-25(22)32)19-8-10-21(27)11-9-19/h3-13,15,28H,14H2,1-2H3/b22-13-,28-24?. The second-order valence-electron chi connectivity index (χ2n) is 7.97. The Hall–Kier alpha value is -3.71. The summed E-state index contributed by atoms with van der Waals surface area (Å²) in [6.07, 6.45) is 1.75. The minimum absolute atomic E-state index is 0.0680. The van der Waals surface area contributed by atoms with Crippen molar-refractivity contribution in [3.8, 4) is 0 Å². The van der Waals surface area contributed by atoms with Gasteiger partial charge in [-0.05, 0) is 66.9 Å². The van der Waals surface area contributed by atoms with Crippen LogP contribution >= 0.6 is 11.8 Å². The van der Waals surface area contributed by atoms with E-state index in [0.29, 0.717) is 10.9 Å². The van der Waals surface area contributed by atoms with E-state index in [1.54, 1.807) is 23.1 Å². The zero-order valence-electron chi connectivity index (χ0n) is 18.2. The van der Waals surface area contributed by atoms with Gasteiger partial charge >= 0.3 is 0 Å². The molecule has 0 saturated carbocycles. The van der Waals surface area contributed by atoms with Crippen LogP contribution in [-0.4, -0.2) is 26.4 Å². The number of nitrogens with one attached hydrogen (secondary N) is 1. The van der Waals surface area contributed by atoms with Gasteiger partial charge in [0, 0.05) is 23.3 Å². The fourth-order valence-corrected chi connectivity index (χ4v) is 4.95. The fraction of sp³-hybridized carbons (Fsp3) is 0.115. The van der Waals surface area contributed by atoms with E-state index in [0.717, 1.165) is 29.1 Å². The molecule has 164 valence electrons. The van der Waals surface area contributed by atoms with Crippen LogP contribution in [0.1, 0.15) is 28.1 Å². The highest BCUT2D eigenvalue weighted by atomic mass is 32.2. The predicted molar refractivity (Wildman–Crippen MR) is 131 cm³/mol. The number of halogens is 1. The number of carbonyl (C=O) groups excluding carboxylic acids is 1. The number of fused-ring (bicyclic) bond motifs is 1. The van der Waals surface area contributed by atoms with Gasteiger partial charge in [0.05, 0.1) is 11.3 Å². The lowest BCUT2D eigenvalue weighted by Gasteiger charge is -2.27. The van der Waals surface area contributed by atoms with E-state index in [1.807, 2.05) is 43.5 Å². The third-order valence-electron chi connectivity index (χ3n) is 5.85. The largest absolute Gasteiger partial charge is 0.344 e. The van der Waals surface area contributed by atoms with E-state index in [1.165, 1.54) is 29.5 Å². The first-order chi connectivity index (χ1) is 15.9. The van der Waals surface area contributed by atoms with Crippen LogP contribution in [0.25, 0.3) is 11.8 Å². The Labute approximate surface area is 195 Å². The number of amides is 1. The normalized spacial score (nSPS) is 16.8. The van der Waals surface area contributed by atoms with Crippen LogP contribution in [0.15, 0.2) is 76.6 Å². The molecule has 2 aliphatic rings. The minimum atomic E-state index is -0.430. The number of aryl methyl sites for hydroxylation is 1. The highest BCUT2D eigenvalue weighted by molar-refractivity contribution is 8.17. The number of thioether (sulfide) groups is 1. The first-order valence-electron chi connectivity index (χ1n) is 10.5. The zero-order chi connectivity index (χ0) is 23.1. The molecule has 0 aliphatic carbocycles. The van der Waals surface area contributed by atoms with E-state index >= 15 is 0 Å². The van der Waals surface area contributed by atoms with Crippen molar-refractivity contribution >= 4 is 40.4 Å². The summed E-state index contributed by atoms with van der Waals surface area (Å²) in [5.74, 6) is -0.687. The molecule has 0 spiro atoms. The number of aliphatic imine (C=N–C) groups is 1. The third kappa shape index (κ3) is 3.85. The predicted octanol–water partition coefficient (Wildman–Crippen LogP) is 5.60. The number of benzene rings is 2. The number of hydrogen-bond acceptors (Lipinski definition) is 3. The molecule has 1 amide bonds. The van der Waals surface area contributed by atoms with Crippen LogP contribution in [-0.2, 0) is 11.3 Å². The fourth-order valence-electron chi connectivity index (χ4n) is 4.06. The van der Waals surface area contributed by atoms with E-state index in [-0.39, 0.29) is 17.2 Å². The monoisotopic (exact) mass is 456 g/mol. The van der Waals surface area contributed by atoms with E-state index in [9.17, 15) is 9.18 Å². The highest BCUT2D eigenvalue weighted by Crippen LogP contribution is 2.37. The molecule has 7 heteroatoms. The minimum Gasteiger partial charge on any atom is -0.344 e. The lowest BCUT2D eigenvalue weighted by molar-refractivity contribution is -0.114. The van der Waals surface area contributed by atoms with Gasteiger partial charge in [0.25, 0.3) is 5.91 Å². The first kappa shape index (κ1) is 21.2. The van der Waals surface area contributed by atoms with E-state index < -0.39 is 5.91 Å². The molecule has 0 unspecified atom stereocenters. The number of nitrogens with zero attached hydrogens (tertiary/aromatic N) is 3. The molecule has 1 N–H and O–H groups in total. The highest BCUT2D eigenvalue weighted by Gasteiger charge is 2.36. The molecule has 2 aliphatic heterocycles. The molecule has 0 atom stereocenters. The molecule has 3 aromatic rings. The Morgan fingerprint density at radius 1 is 1.09 bits per heavy atom. The number of hydrogen-bond donors (Lipinski definition) is 1. The van der Waals surface area contributed by atoms with E-state index in [4.69, 9.17) is 5.41 Å². The molecule has 2 aromatic carbocycles. The molecular weight excluding hydrogens is 435 g/mol. The van der Waals surface area contributed by atoms with Crippen LogP contribution in [0.5, 0.6) is 0 Å². The number of amidine groups is 2. The molecular formula is C26H21FN4OS. The van der Waals surface area contributed by atoms with Crippen LogP contribution in [0.4, 0.5) is 4.39 Å². The molecule has 1 aromatic heterocycles. The molecule has 0 bridgehead atoms. The van der Waals surface area contributed by atoms with Crippen LogP contribution in [0, 0.1) is 25.1 Å². The van der Waals surface area contributed by atoms with Gasteiger partial charge in [-0.1, -0.05) is 42.1 Å². The Bertz CT molecular complexity index is 1370. The first-order valence-corrected chi connectivity index (χ1v) is 11.4. The van der Waals surface area contributed by atoms with Gasteiger partial charge in [0.15, 0.2) is 5.17 Å². The summed E-state index contributed by atoms with van der Waals surface area (Å²) in [7, 11) is 0. The summed E-state index contributed by atoms with van der Waals surface area (Å²) >= 11 is 1.29. The SMILES string of the molecule is Cc1cc(/C=C2/C(=N)N3C(c4ccc(F)cc4)=CSC3=NC2=O)c(C)n1Cc1ccccc1. The Morgan fingerprint density at radius 3 is 2.55 bits per heavy atom. The Morgan fingerprint density at radius 2 is 1.82 bits per heavy atom. The molecule has 5 rings (SSSR count). The van der Waals surface area contributed by atoms with Crippen molar-refractivity contribution in [1.29, 1.82) is 5.41 Å². The Balaban J connectivity index is 1.49. The van der Waals surface area contributed by atoms with Crippen molar-refractivity contribution in [2.75, 3.05) is 0 Å². The van der Waals surface area contributed by atoms with Crippen molar-refractivity contribution in [3.05, 3.63) is 106 Å². The van der Waals surface area contributed by atoms with Gasteiger partial charge in [-0.15, -0.1) is 0 Å². The van der Waals surface area contributed by atoms with Crippen molar-refractivity contribution in [2.24, 2.45) is 4.99 Å². The average molecular weight is 457 g/mol. The quantitative estimate of drug-likeness (QED) is 0.520. The summed E-state index contributed by atoms with van der Waals surface area (Å²) in [6, 6.07) is 18.3. The van der Waals surface area contributed by atoms with Gasteiger partial charge in [-0.3, -0.25) is 15.1 Å². The third-order valence-corrected chi connectivity index (χ3v) is 6.68. The number of rotatable bonds is 4. The smallest absolute Gasteiger partial charge is 0.283 e. The average Bonchev–Trinajstić information content (AvgIpc) is 3.34. The van der Waals surface area contributed by atoms with Crippen molar-refractivity contribution in [1.82, 2.24) is 9.47 Å². The topological polar surface area (TPSA) is 61.5 Å². The molecule has 0 fully saturated rings. The second kappa shape index (κ2) is 8.33. The second-order valence-corrected chi connectivity index (χ2v) is 8.80. The molecule has 5 nitrogen and oxygen atoms in total. The number of aromatic nitrogens is 1. The molecule has 33 heavy (non-hydrogen) atoms. The van der Waals surface area contributed by atoms with Gasteiger partial charge in [0.1, 0.15) is 11.7 Å². The zero-order valence-corrected chi connectivity index (χ0v) is 19.0. The lowest BCUT2D eigenvalue weighted by atomic mass is 10.1. The summed E-state index contributed by atoms with van der Waals surface area (Å²) in [5.41, 5.74) is 5.86. The van der Waals surface area contributed by atoms with Gasteiger partial charge in [-0.25, -0.2) is 4.39 Å². The summed E-state index contributed by atoms with van der Waals surface area (Å²) in [5, 5.41) is 11.1. The van der Waals surface area contributed by atoms with Crippen molar-refractivity contribution < 1.29 is 9.18 Å². The summed E-state index contributed by atoms with van der Waals surface area (Å²) < 4.78 is 15.6. The van der Waals surface area contributed by atoms with Gasteiger partial charge in [-0.2, -0.15) is 4.99 Å². The van der Waals surface area contributed by atoms with E-state index in [2.05, 4.69) is 21.7 Å². The number of carbonyl (C=O) groups is 1. The van der Waals surface area contributed by atoms with Crippen molar-refractivity contribution in [2.45, 2.75) is 20.4 Å². The van der Waals surface area contributed by atoms with Crippen molar-refractivity contribution in [3.63, 3.8) is 0 Å².